The van der Waals surface area contributed by atoms with E-state index in [0.717, 1.165) is 12.8 Å². The Kier molecular flexibility index (Phi) is 9.87. The van der Waals surface area contributed by atoms with E-state index < -0.39 is 5.67 Å². The summed E-state index contributed by atoms with van der Waals surface area (Å²) in [5.74, 6) is 0.274. The van der Waals surface area contributed by atoms with Gasteiger partial charge in [0.2, 0.25) is 0 Å². The molecule has 0 aromatic rings. The van der Waals surface area contributed by atoms with Gasteiger partial charge in [-0.1, -0.05) is 65.2 Å². The van der Waals surface area contributed by atoms with Gasteiger partial charge in [-0.25, -0.2) is 4.39 Å². The van der Waals surface area contributed by atoms with Crippen molar-refractivity contribution >= 4 is 0 Å². The molecule has 0 saturated heterocycles. The third-order valence-corrected chi connectivity index (χ3v) is 3.78. The average Bonchev–Trinajstić information content (AvgIpc) is 2.25. The molecule has 0 atom stereocenters. The molecule has 0 amide bonds. The van der Waals surface area contributed by atoms with Gasteiger partial charge in [0.25, 0.3) is 0 Å². The van der Waals surface area contributed by atoms with Gasteiger partial charge in [-0.05, 0) is 32.6 Å². The second kappa shape index (κ2) is 9.91. The zero-order valence-corrected chi connectivity index (χ0v) is 12.5. The third kappa shape index (κ3) is 9.62. The quantitative estimate of drug-likeness (QED) is 0.375. The Morgan fingerprint density at radius 1 is 0.765 bits per heavy atom. The minimum Gasteiger partial charge on any atom is -0.244 e. The van der Waals surface area contributed by atoms with Crippen molar-refractivity contribution in [3.05, 3.63) is 0 Å². The summed E-state index contributed by atoms with van der Waals surface area (Å²) in [6.07, 6.45) is 12.3. The molecule has 0 nitrogen and oxygen atoms in total. The van der Waals surface area contributed by atoms with Crippen molar-refractivity contribution in [2.75, 3.05) is 0 Å². The van der Waals surface area contributed by atoms with Crippen molar-refractivity contribution in [3.8, 4) is 0 Å². The molecule has 0 N–H and O–H groups in total. The van der Waals surface area contributed by atoms with Gasteiger partial charge in [-0.2, -0.15) is 0 Å². The highest BCUT2D eigenvalue weighted by atomic mass is 19.1. The van der Waals surface area contributed by atoms with E-state index in [1.807, 2.05) is 0 Å². The van der Waals surface area contributed by atoms with Crippen molar-refractivity contribution in [1.82, 2.24) is 0 Å². The Hall–Kier alpha value is -0.0700. The zero-order valence-electron chi connectivity index (χ0n) is 12.5. The van der Waals surface area contributed by atoms with E-state index in [9.17, 15) is 4.39 Å². The van der Waals surface area contributed by atoms with E-state index in [2.05, 4.69) is 13.8 Å². The first-order valence-corrected chi connectivity index (χ1v) is 7.71. The molecule has 17 heavy (non-hydrogen) atoms. The second-order valence-corrected chi connectivity index (χ2v) is 5.96. The van der Waals surface area contributed by atoms with Crippen LogP contribution in [0, 0.1) is 5.92 Å². The maximum Gasteiger partial charge on any atom is 0.108 e. The number of hydrogen-bond acceptors (Lipinski definition) is 0. The molecule has 0 unspecified atom stereocenters. The standard InChI is InChI=1S/C16H33F/c1-5-7-9-11-13-15(16(3,4)17)14-12-10-8-6-2/h15H,5-14H2,1-4H3. The lowest BCUT2D eigenvalue weighted by Crippen LogP contribution is -2.26. The highest BCUT2D eigenvalue weighted by Gasteiger charge is 2.27. The van der Waals surface area contributed by atoms with Crippen molar-refractivity contribution in [3.63, 3.8) is 0 Å². The van der Waals surface area contributed by atoms with E-state index in [-0.39, 0.29) is 5.92 Å². The van der Waals surface area contributed by atoms with E-state index >= 15 is 0 Å². The second-order valence-electron chi connectivity index (χ2n) is 5.96. The third-order valence-electron chi connectivity index (χ3n) is 3.78. The summed E-state index contributed by atoms with van der Waals surface area (Å²) in [6, 6.07) is 0. The molecule has 104 valence electrons. The fourth-order valence-electron chi connectivity index (χ4n) is 2.47. The molecule has 0 radical (unpaired) electrons. The lowest BCUT2D eigenvalue weighted by Gasteiger charge is -2.27. The summed E-state index contributed by atoms with van der Waals surface area (Å²) in [6.45, 7) is 7.97. The Bertz CT molecular complexity index is 145. The highest BCUT2D eigenvalue weighted by molar-refractivity contribution is 4.77. The summed E-state index contributed by atoms with van der Waals surface area (Å²) in [7, 11) is 0. The average molecular weight is 244 g/mol. The van der Waals surface area contributed by atoms with Crippen LogP contribution in [0.4, 0.5) is 4.39 Å². The van der Waals surface area contributed by atoms with E-state index in [1.165, 1.54) is 51.4 Å². The van der Waals surface area contributed by atoms with Crippen LogP contribution in [-0.4, -0.2) is 5.67 Å². The van der Waals surface area contributed by atoms with Gasteiger partial charge in [0.05, 0.1) is 0 Å². The van der Waals surface area contributed by atoms with Gasteiger partial charge in [-0.15, -0.1) is 0 Å². The molecular formula is C16H33F. The lowest BCUT2D eigenvalue weighted by atomic mass is 9.83. The number of unbranched alkanes of at least 4 members (excludes halogenated alkanes) is 6. The van der Waals surface area contributed by atoms with Crippen LogP contribution in [0.5, 0.6) is 0 Å². The van der Waals surface area contributed by atoms with Crippen molar-refractivity contribution in [2.24, 2.45) is 5.92 Å². The molecule has 0 spiro atoms. The highest BCUT2D eigenvalue weighted by Crippen LogP contribution is 2.31. The number of halogens is 1. The Balaban J connectivity index is 3.81. The summed E-state index contributed by atoms with van der Waals surface area (Å²) in [5.41, 5.74) is -0.988. The molecule has 0 saturated carbocycles. The molecule has 0 fully saturated rings. The van der Waals surface area contributed by atoms with Crippen LogP contribution in [0.15, 0.2) is 0 Å². The Morgan fingerprint density at radius 3 is 1.47 bits per heavy atom. The monoisotopic (exact) mass is 244 g/mol. The first-order chi connectivity index (χ1) is 8.02. The van der Waals surface area contributed by atoms with E-state index in [4.69, 9.17) is 0 Å². The SMILES string of the molecule is CCCCCCC(CCCCCC)C(C)(C)F. The fourth-order valence-corrected chi connectivity index (χ4v) is 2.47. The minimum absolute atomic E-state index is 0.274. The molecule has 0 aliphatic rings. The number of alkyl halides is 1. The summed E-state index contributed by atoms with van der Waals surface area (Å²) in [5, 5.41) is 0. The molecular weight excluding hydrogens is 211 g/mol. The van der Waals surface area contributed by atoms with Crippen LogP contribution in [0.3, 0.4) is 0 Å². The predicted molar refractivity (Wildman–Crippen MR) is 76.2 cm³/mol. The number of hydrogen-bond donors (Lipinski definition) is 0. The van der Waals surface area contributed by atoms with Gasteiger partial charge in [0.1, 0.15) is 5.67 Å². The van der Waals surface area contributed by atoms with Crippen LogP contribution in [0.25, 0.3) is 0 Å². The van der Waals surface area contributed by atoms with Gasteiger partial charge >= 0.3 is 0 Å². The van der Waals surface area contributed by atoms with E-state index in [1.54, 1.807) is 13.8 Å². The van der Waals surface area contributed by atoms with Crippen LogP contribution < -0.4 is 0 Å². The summed E-state index contributed by atoms with van der Waals surface area (Å²) in [4.78, 5) is 0. The summed E-state index contributed by atoms with van der Waals surface area (Å²) >= 11 is 0. The smallest absolute Gasteiger partial charge is 0.108 e. The molecule has 0 aliphatic heterocycles. The first-order valence-electron chi connectivity index (χ1n) is 7.71. The molecule has 0 rings (SSSR count). The van der Waals surface area contributed by atoms with Crippen molar-refractivity contribution in [1.29, 1.82) is 0 Å². The largest absolute Gasteiger partial charge is 0.244 e. The molecule has 0 aromatic carbocycles. The molecule has 1 heteroatoms. The van der Waals surface area contributed by atoms with Crippen LogP contribution in [-0.2, 0) is 0 Å². The fraction of sp³-hybridized carbons (Fsp3) is 1.00. The van der Waals surface area contributed by atoms with Crippen molar-refractivity contribution < 1.29 is 4.39 Å². The Morgan fingerprint density at radius 2 is 1.18 bits per heavy atom. The Labute approximate surface area is 108 Å². The molecule has 0 heterocycles. The maximum absolute atomic E-state index is 14.1. The van der Waals surface area contributed by atoms with Gasteiger partial charge < -0.3 is 0 Å². The van der Waals surface area contributed by atoms with Crippen LogP contribution in [0.1, 0.15) is 91.9 Å². The number of rotatable bonds is 11. The normalized spacial score (nSPS) is 12.4. The minimum atomic E-state index is -0.988. The maximum atomic E-state index is 14.1. The van der Waals surface area contributed by atoms with Crippen molar-refractivity contribution in [2.45, 2.75) is 97.6 Å². The molecule has 0 bridgehead atoms. The first kappa shape index (κ1) is 16.9. The predicted octanol–water partition coefficient (Wildman–Crippen LogP) is 6.29. The van der Waals surface area contributed by atoms with E-state index in [0.29, 0.717) is 0 Å². The van der Waals surface area contributed by atoms with Gasteiger partial charge in [0.15, 0.2) is 0 Å². The van der Waals surface area contributed by atoms with Gasteiger partial charge in [0, 0.05) is 0 Å². The van der Waals surface area contributed by atoms with Gasteiger partial charge in [-0.3, -0.25) is 0 Å². The molecule has 0 aliphatic carbocycles. The topological polar surface area (TPSA) is 0 Å². The zero-order chi connectivity index (χ0) is 13.1. The van der Waals surface area contributed by atoms with Crippen LogP contribution in [0.2, 0.25) is 0 Å². The lowest BCUT2D eigenvalue weighted by molar-refractivity contribution is 0.106. The molecule has 0 aromatic heterocycles. The summed E-state index contributed by atoms with van der Waals surface area (Å²) < 4.78 is 14.1. The van der Waals surface area contributed by atoms with Crippen LogP contribution >= 0.6 is 0 Å².